The third-order valence-corrected chi connectivity index (χ3v) is 4.40. The number of hydrogen-bond donors (Lipinski definition) is 0. The number of rotatable bonds is 5. The van der Waals surface area contributed by atoms with Gasteiger partial charge in [-0.25, -0.2) is 0 Å². The predicted octanol–water partition coefficient (Wildman–Crippen LogP) is 3.09. The lowest BCUT2D eigenvalue weighted by Gasteiger charge is -2.12. The maximum atomic E-state index is 12.4. The quantitative estimate of drug-likeness (QED) is 0.792. The van der Waals surface area contributed by atoms with E-state index in [9.17, 15) is 8.42 Å². The van der Waals surface area contributed by atoms with E-state index in [1.807, 2.05) is 13.0 Å². The molecule has 0 N–H and O–H groups in total. The van der Waals surface area contributed by atoms with Crippen LogP contribution in [0.1, 0.15) is 11.1 Å². The number of ether oxygens (including phenoxy) is 2. The van der Waals surface area contributed by atoms with Crippen molar-refractivity contribution in [2.24, 2.45) is 0 Å². The molecule has 118 valence electrons. The minimum absolute atomic E-state index is 0.00475. The van der Waals surface area contributed by atoms with Gasteiger partial charge in [-0.2, -0.15) is 8.42 Å². The van der Waals surface area contributed by atoms with E-state index < -0.39 is 10.1 Å². The summed E-state index contributed by atoms with van der Waals surface area (Å²) in [6, 6.07) is 9.61. The van der Waals surface area contributed by atoms with Gasteiger partial charge >= 0.3 is 10.1 Å². The van der Waals surface area contributed by atoms with Crippen LogP contribution in [0.4, 0.5) is 0 Å². The highest BCUT2D eigenvalue weighted by Crippen LogP contribution is 2.31. The van der Waals surface area contributed by atoms with Crippen molar-refractivity contribution in [1.29, 1.82) is 0 Å². The molecule has 2 rings (SSSR count). The number of benzene rings is 2. The molecule has 2 aromatic rings. The van der Waals surface area contributed by atoms with Crippen molar-refractivity contribution in [3.05, 3.63) is 47.5 Å². The second kappa shape index (κ2) is 6.27. The Bertz CT molecular complexity index is 781. The summed E-state index contributed by atoms with van der Waals surface area (Å²) in [7, 11) is -1.01. The van der Waals surface area contributed by atoms with Crippen LogP contribution in [0.25, 0.3) is 0 Å². The Kier molecular flexibility index (Phi) is 4.61. The summed E-state index contributed by atoms with van der Waals surface area (Å²) in [6.07, 6.45) is 0. The summed E-state index contributed by atoms with van der Waals surface area (Å²) < 4.78 is 40.2. The van der Waals surface area contributed by atoms with Crippen molar-refractivity contribution in [1.82, 2.24) is 0 Å². The molecule has 6 heteroatoms. The molecule has 0 unspecified atom stereocenters. The second-order valence-corrected chi connectivity index (χ2v) is 6.37. The normalized spacial score (nSPS) is 11.1. The van der Waals surface area contributed by atoms with Crippen LogP contribution in [-0.4, -0.2) is 22.6 Å². The van der Waals surface area contributed by atoms with Crippen molar-refractivity contribution in [3.8, 4) is 17.2 Å². The molecule has 0 heterocycles. The van der Waals surface area contributed by atoms with E-state index in [4.69, 9.17) is 13.7 Å². The molecule has 0 aliphatic carbocycles. The van der Waals surface area contributed by atoms with Gasteiger partial charge in [0.2, 0.25) is 0 Å². The molecule has 0 amide bonds. The maximum absolute atomic E-state index is 12.4. The smallest absolute Gasteiger partial charge is 0.339 e. The average Bonchev–Trinajstić information content (AvgIpc) is 2.49. The van der Waals surface area contributed by atoms with Gasteiger partial charge in [0.15, 0.2) is 11.5 Å². The average molecular weight is 322 g/mol. The molecule has 0 aromatic heterocycles. The Morgan fingerprint density at radius 3 is 2.05 bits per heavy atom. The third kappa shape index (κ3) is 3.33. The van der Waals surface area contributed by atoms with E-state index in [1.165, 1.54) is 32.4 Å². The molecule has 0 fully saturated rings. The Labute approximate surface area is 130 Å². The van der Waals surface area contributed by atoms with Gasteiger partial charge in [-0.3, -0.25) is 0 Å². The van der Waals surface area contributed by atoms with Crippen molar-refractivity contribution < 1.29 is 22.1 Å². The molecule has 0 aliphatic heterocycles. The highest BCUT2D eigenvalue weighted by Gasteiger charge is 2.20. The van der Waals surface area contributed by atoms with Crippen LogP contribution in [-0.2, 0) is 10.1 Å². The van der Waals surface area contributed by atoms with Crippen molar-refractivity contribution >= 4 is 10.1 Å². The van der Waals surface area contributed by atoms with Crippen molar-refractivity contribution in [2.75, 3.05) is 14.2 Å². The summed E-state index contributed by atoms with van der Waals surface area (Å²) >= 11 is 0. The Morgan fingerprint density at radius 1 is 0.818 bits per heavy atom. The van der Waals surface area contributed by atoms with E-state index in [2.05, 4.69) is 0 Å². The van der Waals surface area contributed by atoms with Gasteiger partial charge in [0.25, 0.3) is 0 Å². The molecule has 2 aromatic carbocycles. The summed E-state index contributed by atoms with van der Waals surface area (Å²) in [5.74, 6) is 1.08. The minimum Gasteiger partial charge on any atom is -0.493 e. The highest BCUT2D eigenvalue weighted by atomic mass is 32.2. The van der Waals surface area contributed by atoms with Gasteiger partial charge in [0, 0.05) is 6.07 Å². The third-order valence-electron chi connectivity index (χ3n) is 3.17. The van der Waals surface area contributed by atoms with Crippen LogP contribution < -0.4 is 13.7 Å². The Hall–Kier alpha value is -2.21. The molecule has 0 radical (unpaired) electrons. The first-order chi connectivity index (χ1) is 10.4. The lowest BCUT2D eigenvalue weighted by atomic mass is 10.1. The van der Waals surface area contributed by atoms with Gasteiger partial charge in [-0.1, -0.05) is 17.7 Å². The van der Waals surface area contributed by atoms with E-state index in [-0.39, 0.29) is 4.90 Å². The van der Waals surface area contributed by atoms with Gasteiger partial charge in [0.1, 0.15) is 10.6 Å². The van der Waals surface area contributed by atoms with E-state index in [0.29, 0.717) is 17.2 Å². The molecule has 0 saturated heterocycles. The lowest BCUT2D eigenvalue weighted by Crippen LogP contribution is -2.11. The molecular formula is C16H18O5S. The monoisotopic (exact) mass is 322 g/mol. The predicted molar refractivity (Wildman–Crippen MR) is 83.3 cm³/mol. The van der Waals surface area contributed by atoms with Gasteiger partial charge in [-0.05, 0) is 37.6 Å². The number of aryl methyl sites for hydroxylation is 2. The van der Waals surface area contributed by atoms with Crippen LogP contribution in [0, 0.1) is 13.8 Å². The van der Waals surface area contributed by atoms with Crippen LogP contribution in [0.5, 0.6) is 17.2 Å². The standard InChI is InChI=1S/C16H18O5S/c1-11-5-7-14(12(2)9-11)21-22(17,18)13-6-8-15(19-3)16(10-13)20-4/h5-10H,1-4H3. The molecular weight excluding hydrogens is 304 g/mol. The number of hydrogen-bond acceptors (Lipinski definition) is 5. The fraction of sp³-hybridized carbons (Fsp3) is 0.250. The molecule has 0 bridgehead atoms. The fourth-order valence-electron chi connectivity index (χ4n) is 2.03. The summed E-state index contributed by atoms with van der Waals surface area (Å²) in [6.45, 7) is 3.73. The van der Waals surface area contributed by atoms with Gasteiger partial charge in [-0.15, -0.1) is 0 Å². The van der Waals surface area contributed by atoms with Crippen molar-refractivity contribution in [3.63, 3.8) is 0 Å². The van der Waals surface area contributed by atoms with Crippen molar-refractivity contribution in [2.45, 2.75) is 18.7 Å². The molecule has 0 spiro atoms. The zero-order valence-electron chi connectivity index (χ0n) is 12.9. The van der Waals surface area contributed by atoms with Crippen LogP contribution >= 0.6 is 0 Å². The van der Waals surface area contributed by atoms with Crippen LogP contribution in [0.3, 0.4) is 0 Å². The van der Waals surface area contributed by atoms with Gasteiger partial charge in [0.05, 0.1) is 14.2 Å². The second-order valence-electron chi connectivity index (χ2n) is 4.82. The largest absolute Gasteiger partial charge is 0.493 e. The lowest BCUT2D eigenvalue weighted by molar-refractivity contribution is 0.353. The molecule has 0 aliphatic rings. The van der Waals surface area contributed by atoms with E-state index in [1.54, 1.807) is 19.1 Å². The summed E-state index contributed by atoms with van der Waals surface area (Å²) in [4.78, 5) is 0.00475. The summed E-state index contributed by atoms with van der Waals surface area (Å²) in [5, 5.41) is 0. The molecule has 22 heavy (non-hydrogen) atoms. The topological polar surface area (TPSA) is 61.8 Å². The highest BCUT2D eigenvalue weighted by molar-refractivity contribution is 7.87. The fourth-order valence-corrected chi connectivity index (χ4v) is 3.04. The van der Waals surface area contributed by atoms with E-state index in [0.717, 1.165) is 11.1 Å². The maximum Gasteiger partial charge on any atom is 0.339 e. The first kappa shape index (κ1) is 16.2. The Balaban J connectivity index is 2.38. The molecule has 5 nitrogen and oxygen atoms in total. The Morgan fingerprint density at radius 2 is 1.45 bits per heavy atom. The zero-order valence-corrected chi connectivity index (χ0v) is 13.7. The summed E-state index contributed by atoms with van der Waals surface area (Å²) in [5.41, 5.74) is 1.79. The molecule has 0 atom stereocenters. The first-order valence-corrected chi connectivity index (χ1v) is 8.02. The SMILES string of the molecule is COc1ccc(S(=O)(=O)Oc2ccc(C)cc2C)cc1OC. The van der Waals surface area contributed by atoms with Crippen LogP contribution in [0.2, 0.25) is 0 Å². The molecule has 0 saturated carbocycles. The first-order valence-electron chi connectivity index (χ1n) is 6.61. The zero-order chi connectivity index (χ0) is 16.3. The minimum atomic E-state index is -3.94. The number of methoxy groups -OCH3 is 2. The van der Waals surface area contributed by atoms with Crippen LogP contribution in [0.15, 0.2) is 41.3 Å². The van der Waals surface area contributed by atoms with Gasteiger partial charge < -0.3 is 13.7 Å². The van der Waals surface area contributed by atoms with E-state index >= 15 is 0 Å².